The number of nitrogens with zero attached hydrogens (tertiary/aromatic N) is 2. The van der Waals surface area contributed by atoms with Gasteiger partial charge >= 0.3 is 0 Å². The summed E-state index contributed by atoms with van der Waals surface area (Å²) in [5.74, 6) is 1.39. The highest BCUT2D eigenvalue weighted by atomic mass is 19.1. The van der Waals surface area contributed by atoms with Gasteiger partial charge in [0.1, 0.15) is 11.6 Å². The number of hydrogen-bond donors (Lipinski definition) is 0. The van der Waals surface area contributed by atoms with E-state index in [1.165, 1.54) is 12.1 Å². The normalized spacial score (nSPS) is 26.6. The third kappa shape index (κ3) is 4.54. The Kier molecular flexibility index (Phi) is 6.20. The lowest BCUT2D eigenvalue weighted by atomic mass is 9.67. The maximum Gasteiger partial charge on any atom is 0.227 e. The molecule has 0 radical (unpaired) electrons. The van der Waals surface area contributed by atoms with Gasteiger partial charge in [0.25, 0.3) is 0 Å². The average Bonchev–Trinajstić information content (AvgIpc) is 3.06. The van der Waals surface area contributed by atoms with E-state index in [0.29, 0.717) is 24.9 Å². The fourth-order valence-corrected chi connectivity index (χ4v) is 5.36. The number of carbonyl (C=O) groups is 1. The molecule has 168 valence electrons. The van der Waals surface area contributed by atoms with Crippen LogP contribution in [0, 0.1) is 36.9 Å². The Labute approximate surface area is 183 Å². The summed E-state index contributed by atoms with van der Waals surface area (Å²) in [5, 5.41) is 3.98. The molecule has 1 aromatic heterocycles. The number of aryl methyl sites for hydroxylation is 2. The van der Waals surface area contributed by atoms with E-state index in [4.69, 9.17) is 9.26 Å². The first kappa shape index (κ1) is 22.0. The molecule has 2 aromatic rings. The molecule has 3 atom stereocenters. The van der Waals surface area contributed by atoms with Crippen LogP contribution in [0.15, 0.2) is 28.8 Å². The third-order valence-corrected chi connectivity index (χ3v) is 7.20. The number of piperidine rings is 1. The Morgan fingerprint density at radius 1 is 1.29 bits per heavy atom. The van der Waals surface area contributed by atoms with Crippen LogP contribution >= 0.6 is 0 Å². The Morgan fingerprint density at radius 3 is 2.68 bits per heavy atom. The standard InChI is InChI=1S/C25H33FN2O3/c1-16(2)22-13-25(15-30-24(22)19-6-8-20(26)9-7-19)10-5-11-28(14-25)23(29)12-21-17(3)27-31-18(21)4/h6-9,16,22,24H,5,10-15H2,1-4H3/t22-,24-,25+/m0/s1. The molecule has 0 saturated carbocycles. The fraction of sp³-hybridized carbons (Fsp3) is 0.600. The summed E-state index contributed by atoms with van der Waals surface area (Å²) in [6.07, 6.45) is 3.38. The van der Waals surface area contributed by atoms with Crippen molar-refractivity contribution in [2.75, 3.05) is 19.7 Å². The summed E-state index contributed by atoms with van der Waals surface area (Å²) in [7, 11) is 0. The number of halogens is 1. The second kappa shape index (κ2) is 8.73. The van der Waals surface area contributed by atoms with Crippen molar-refractivity contribution in [1.29, 1.82) is 0 Å². The Hall–Kier alpha value is -2.21. The molecule has 6 heteroatoms. The molecule has 1 spiro atoms. The summed E-state index contributed by atoms with van der Waals surface area (Å²) >= 11 is 0. The van der Waals surface area contributed by atoms with Crippen LogP contribution in [0.25, 0.3) is 0 Å². The van der Waals surface area contributed by atoms with Crippen molar-refractivity contribution in [3.05, 3.63) is 52.7 Å². The van der Waals surface area contributed by atoms with Crippen LogP contribution in [0.1, 0.15) is 61.8 Å². The highest BCUT2D eigenvalue weighted by molar-refractivity contribution is 5.79. The van der Waals surface area contributed by atoms with Crippen molar-refractivity contribution in [1.82, 2.24) is 10.1 Å². The lowest BCUT2D eigenvalue weighted by Gasteiger charge is -2.50. The van der Waals surface area contributed by atoms with E-state index < -0.39 is 0 Å². The Bertz CT molecular complexity index is 904. The summed E-state index contributed by atoms with van der Waals surface area (Å²) in [5.41, 5.74) is 2.72. The van der Waals surface area contributed by atoms with Crippen LogP contribution in [0.4, 0.5) is 4.39 Å². The molecule has 1 amide bonds. The molecule has 4 rings (SSSR count). The molecule has 2 aliphatic heterocycles. The number of aromatic nitrogens is 1. The molecule has 1 aromatic carbocycles. The lowest BCUT2D eigenvalue weighted by Crippen LogP contribution is -2.52. The third-order valence-electron chi connectivity index (χ3n) is 7.20. The van der Waals surface area contributed by atoms with Crippen molar-refractivity contribution in [2.24, 2.45) is 17.3 Å². The van der Waals surface area contributed by atoms with E-state index in [2.05, 4.69) is 19.0 Å². The first-order valence-electron chi connectivity index (χ1n) is 11.3. The molecule has 3 heterocycles. The van der Waals surface area contributed by atoms with Gasteiger partial charge in [-0.3, -0.25) is 4.79 Å². The minimum Gasteiger partial charge on any atom is -0.373 e. The van der Waals surface area contributed by atoms with Crippen molar-refractivity contribution in [3.63, 3.8) is 0 Å². The number of likely N-dealkylation sites (tertiary alicyclic amines) is 1. The fourth-order valence-electron chi connectivity index (χ4n) is 5.36. The predicted octanol–water partition coefficient (Wildman–Crippen LogP) is 5.02. The largest absolute Gasteiger partial charge is 0.373 e. The monoisotopic (exact) mass is 428 g/mol. The zero-order valence-corrected chi connectivity index (χ0v) is 19.0. The van der Waals surface area contributed by atoms with Crippen LogP contribution in [0.2, 0.25) is 0 Å². The molecule has 2 saturated heterocycles. The molecule has 5 nitrogen and oxygen atoms in total. The maximum absolute atomic E-state index is 13.4. The van der Waals surface area contributed by atoms with Crippen LogP contribution in [-0.2, 0) is 16.0 Å². The molecular formula is C25H33FN2O3. The van der Waals surface area contributed by atoms with E-state index in [0.717, 1.165) is 54.9 Å². The van der Waals surface area contributed by atoms with Gasteiger partial charge in [0.05, 0.1) is 24.8 Å². The van der Waals surface area contributed by atoms with E-state index in [1.54, 1.807) is 0 Å². The number of ether oxygens (including phenoxy) is 1. The SMILES string of the molecule is Cc1noc(C)c1CC(=O)N1CCC[C@]2(CO[C@@H](c3ccc(F)cc3)[C@H](C(C)C)C2)C1. The smallest absolute Gasteiger partial charge is 0.227 e. The van der Waals surface area contributed by atoms with Gasteiger partial charge in [0.2, 0.25) is 5.91 Å². The van der Waals surface area contributed by atoms with E-state index in [-0.39, 0.29) is 23.2 Å². The second-order valence-electron chi connectivity index (χ2n) is 9.79. The average molecular weight is 429 g/mol. The van der Waals surface area contributed by atoms with Gasteiger partial charge in [-0.25, -0.2) is 4.39 Å². The van der Waals surface area contributed by atoms with Crippen molar-refractivity contribution in [3.8, 4) is 0 Å². The molecule has 0 unspecified atom stereocenters. The molecule has 31 heavy (non-hydrogen) atoms. The summed E-state index contributed by atoms with van der Waals surface area (Å²) < 4.78 is 25.1. The quantitative estimate of drug-likeness (QED) is 0.686. The van der Waals surface area contributed by atoms with E-state index >= 15 is 0 Å². The first-order chi connectivity index (χ1) is 14.8. The van der Waals surface area contributed by atoms with E-state index in [1.807, 2.05) is 30.9 Å². The zero-order valence-electron chi connectivity index (χ0n) is 19.0. The highest BCUT2D eigenvalue weighted by Gasteiger charge is 2.46. The van der Waals surface area contributed by atoms with Gasteiger partial charge in [-0.15, -0.1) is 0 Å². The number of carbonyl (C=O) groups excluding carboxylic acids is 1. The predicted molar refractivity (Wildman–Crippen MR) is 116 cm³/mol. The van der Waals surface area contributed by atoms with Crippen LogP contribution < -0.4 is 0 Å². The first-order valence-corrected chi connectivity index (χ1v) is 11.3. The molecule has 2 fully saturated rings. The number of hydrogen-bond acceptors (Lipinski definition) is 4. The topological polar surface area (TPSA) is 55.6 Å². The number of amides is 1. The minimum atomic E-state index is -0.225. The molecular weight excluding hydrogens is 395 g/mol. The van der Waals surface area contributed by atoms with Gasteiger partial charge in [-0.05, 0) is 62.6 Å². The second-order valence-corrected chi connectivity index (χ2v) is 9.79. The number of benzene rings is 1. The Balaban J connectivity index is 1.48. The van der Waals surface area contributed by atoms with Crippen LogP contribution in [-0.4, -0.2) is 35.7 Å². The zero-order chi connectivity index (χ0) is 22.2. The van der Waals surface area contributed by atoms with Gasteiger partial charge < -0.3 is 14.2 Å². The molecule has 0 aliphatic carbocycles. The molecule has 0 N–H and O–H groups in total. The molecule has 2 aliphatic rings. The van der Waals surface area contributed by atoms with Gasteiger partial charge in [0.15, 0.2) is 0 Å². The lowest BCUT2D eigenvalue weighted by molar-refractivity contribution is -0.150. The Morgan fingerprint density at radius 2 is 2.03 bits per heavy atom. The molecule has 0 bridgehead atoms. The summed E-state index contributed by atoms with van der Waals surface area (Å²) in [6, 6.07) is 6.70. The number of rotatable bonds is 4. The summed E-state index contributed by atoms with van der Waals surface area (Å²) in [6.45, 7) is 10.4. The van der Waals surface area contributed by atoms with Gasteiger partial charge in [-0.1, -0.05) is 31.1 Å². The van der Waals surface area contributed by atoms with Crippen LogP contribution in [0.5, 0.6) is 0 Å². The highest BCUT2D eigenvalue weighted by Crippen LogP contribution is 2.48. The van der Waals surface area contributed by atoms with Gasteiger partial charge in [-0.2, -0.15) is 0 Å². The minimum absolute atomic E-state index is 0.0158. The van der Waals surface area contributed by atoms with Crippen molar-refractivity contribution in [2.45, 2.75) is 59.5 Å². The van der Waals surface area contributed by atoms with Crippen LogP contribution in [0.3, 0.4) is 0 Å². The maximum atomic E-state index is 13.4. The van der Waals surface area contributed by atoms with Gasteiger partial charge in [0, 0.05) is 24.1 Å². The van der Waals surface area contributed by atoms with Crippen molar-refractivity contribution >= 4 is 5.91 Å². The van der Waals surface area contributed by atoms with Crippen molar-refractivity contribution < 1.29 is 18.4 Å². The van der Waals surface area contributed by atoms with E-state index in [9.17, 15) is 9.18 Å². The summed E-state index contributed by atoms with van der Waals surface area (Å²) in [4.78, 5) is 15.1.